The van der Waals surface area contributed by atoms with E-state index in [-0.39, 0.29) is 24.0 Å². The molecule has 0 bridgehead atoms. The predicted octanol–water partition coefficient (Wildman–Crippen LogP) is 2.47. The third kappa shape index (κ3) is 3.44. The lowest BCUT2D eigenvalue weighted by Crippen LogP contribution is -2.44. The van der Waals surface area contributed by atoms with Crippen molar-refractivity contribution in [3.05, 3.63) is 45.5 Å². The molecule has 1 aromatic heterocycles. The molecule has 2 aliphatic rings. The maximum atomic E-state index is 12.7. The van der Waals surface area contributed by atoms with Crippen LogP contribution in [-0.4, -0.2) is 23.3 Å². The summed E-state index contributed by atoms with van der Waals surface area (Å²) in [6.07, 6.45) is 8.56. The Morgan fingerprint density at radius 2 is 2.04 bits per heavy atom. The van der Waals surface area contributed by atoms with Crippen molar-refractivity contribution < 1.29 is 14.0 Å². The Morgan fingerprint density at radius 1 is 1.26 bits per heavy atom. The molecule has 1 aliphatic carbocycles. The van der Waals surface area contributed by atoms with Crippen LogP contribution in [0.15, 0.2) is 27.4 Å². The zero-order valence-electron chi connectivity index (χ0n) is 13.3. The van der Waals surface area contributed by atoms with Crippen molar-refractivity contribution in [2.75, 3.05) is 6.54 Å². The molecule has 1 saturated carbocycles. The van der Waals surface area contributed by atoms with Crippen molar-refractivity contribution in [2.45, 2.75) is 45.4 Å². The van der Waals surface area contributed by atoms with Gasteiger partial charge in [0.2, 0.25) is 5.91 Å². The van der Waals surface area contributed by atoms with E-state index < -0.39 is 5.63 Å². The van der Waals surface area contributed by atoms with E-state index in [0.717, 1.165) is 25.7 Å². The van der Waals surface area contributed by atoms with Gasteiger partial charge in [0.1, 0.15) is 5.76 Å². The van der Waals surface area contributed by atoms with E-state index in [2.05, 4.69) is 13.0 Å². The summed E-state index contributed by atoms with van der Waals surface area (Å²) in [5, 5.41) is 0. The number of imide groups is 1. The van der Waals surface area contributed by atoms with E-state index in [4.69, 9.17) is 4.42 Å². The van der Waals surface area contributed by atoms with Gasteiger partial charge in [0.25, 0.3) is 5.91 Å². The summed E-state index contributed by atoms with van der Waals surface area (Å²) in [6.45, 7) is 2.55. The second-order valence-corrected chi connectivity index (χ2v) is 6.24. The van der Waals surface area contributed by atoms with Crippen molar-refractivity contribution >= 4 is 11.8 Å². The maximum absolute atomic E-state index is 12.7. The highest BCUT2D eigenvalue weighted by molar-refractivity contribution is 6.09. The van der Waals surface area contributed by atoms with E-state index in [1.807, 2.05) is 6.08 Å². The summed E-state index contributed by atoms with van der Waals surface area (Å²) >= 11 is 0. The lowest BCUT2D eigenvalue weighted by Gasteiger charge is -2.27. The van der Waals surface area contributed by atoms with Crippen LogP contribution < -0.4 is 5.63 Å². The fourth-order valence-corrected chi connectivity index (χ4v) is 2.92. The van der Waals surface area contributed by atoms with E-state index in [0.29, 0.717) is 30.0 Å². The molecule has 2 heterocycles. The molecule has 0 saturated heterocycles. The first-order valence-electron chi connectivity index (χ1n) is 8.25. The molecule has 1 aromatic rings. The molecule has 1 aliphatic heterocycles. The number of nitrogens with zero attached hydrogens (tertiary/aromatic N) is 1. The molecule has 3 rings (SSSR count). The normalized spacial score (nSPS) is 17.9. The highest BCUT2D eigenvalue weighted by Crippen LogP contribution is 2.32. The second kappa shape index (κ2) is 6.52. The number of aryl methyl sites for hydroxylation is 1. The predicted molar refractivity (Wildman–Crippen MR) is 85.2 cm³/mol. The van der Waals surface area contributed by atoms with Crippen molar-refractivity contribution in [1.82, 2.24) is 4.90 Å². The van der Waals surface area contributed by atoms with Crippen molar-refractivity contribution in [3.8, 4) is 0 Å². The van der Waals surface area contributed by atoms with Gasteiger partial charge in [0.15, 0.2) is 0 Å². The first kappa shape index (κ1) is 15.7. The molecule has 1 fully saturated rings. The second-order valence-electron chi connectivity index (χ2n) is 6.24. The van der Waals surface area contributed by atoms with Crippen LogP contribution in [0.3, 0.4) is 0 Å². The molecular weight excluding hydrogens is 294 g/mol. The SMILES string of the molecule is CC/C=C\CCc1cc(=O)oc2c1C(=O)N(CC1CC1)C(=O)C2. The third-order valence-corrected chi connectivity index (χ3v) is 4.31. The van der Waals surface area contributed by atoms with Crippen LogP contribution in [0.2, 0.25) is 0 Å². The monoisotopic (exact) mass is 315 g/mol. The molecule has 0 spiro atoms. The average Bonchev–Trinajstić information content (AvgIpc) is 3.31. The standard InChI is InChI=1S/C18H21NO4/c1-2-3-4-5-6-13-9-16(21)23-14-10-15(20)19(11-12-7-8-12)18(22)17(13)14/h3-4,9,12H,2,5-8,10-11H2,1H3/b4-3-. The number of hydrogen-bond donors (Lipinski definition) is 0. The number of allylic oxidation sites excluding steroid dienone is 2. The summed E-state index contributed by atoms with van der Waals surface area (Å²) in [5.74, 6) is 0.104. The number of fused-ring (bicyclic) bond motifs is 1. The van der Waals surface area contributed by atoms with Crippen LogP contribution >= 0.6 is 0 Å². The van der Waals surface area contributed by atoms with Crippen molar-refractivity contribution in [2.24, 2.45) is 5.92 Å². The van der Waals surface area contributed by atoms with E-state index >= 15 is 0 Å². The van der Waals surface area contributed by atoms with Gasteiger partial charge in [-0.05, 0) is 43.6 Å². The highest BCUT2D eigenvalue weighted by atomic mass is 16.4. The molecule has 0 N–H and O–H groups in total. The van der Waals surface area contributed by atoms with Crippen LogP contribution in [0.1, 0.15) is 54.3 Å². The summed E-state index contributed by atoms with van der Waals surface area (Å²) in [7, 11) is 0. The molecule has 0 unspecified atom stereocenters. The first-order chi connectivity index (χ1) is 11.1. The van der Waals surface area contributed by atoms with Gasteiger partial charge < -0.3 is 4.42 Å². The minimum atomic E-state index is -0.491. The summed E-state index contributed by atoms with van der Waals surface area (Å²) < 4.78 is 5.14. The number of carbonyl (C=O) groups is 2. The van der Waals surface area contributed by atoms with Crippen LogP contribution in [0, 0.1) is 5.92 Å². The fourth-order valence-electron chi connectivity index (χ4n) is 2.92. The van der Waals surface area contributed by atoms with Gasteiger partial charge in [0, 0.05) is 12.6 Å². The average molecular weight is 315 g/mol. The molecule has 5 heteroatoms. The Morgan fingerprint density at radius 3 is 2.74 bits per heavy atom. The van der Waals surface area contributed by atoms with Gasteiger partial charge in [-0.2, -0.15) is 0 Å². The van der Waals surface area contributed by atoms with Gasteiger partial charge in [0.05, 0.1) is 12.0 Å². The van der Waals surface area contributed by atoms with Crippen LogP contribution in [0.5, 0.6) is 0 Å². The van der Waals surface area contributed by atoms with Gasteiger partial charge in [-0.1, -0.05) is 19.1 Å². The topological polar surface area (TPSA) is 67.6 Å². The smallest absolute Gasteiger partial charge is 0.336 e. The number of amides is 2. The maximum Gasteiger partial charge on any atom is 0.336 e. The fraction of sp³-hybridized carbons (Fsp3) is 0.500. The molecule has 23 heavy (non-hydrogen) atoms. The van der Waals surface area contributed by atoms with Crippen molar-refractivity contribution in [1.29, 1.82) is 0 Å². The Labute approximate surface area is 135 Å². The third-order valence-electron chi connectivity index (χ3n) is 4.31. The lowest BCUT2D eigenvalue weighted by atomic mass is 9.97. The highest BCUT2D eigenvalue weighted by Gasteiger charge is 2.37. The minimum Gasteiger partial charge on any atom is -0.426 e. The van der Waals surface area contributed by atoms with E-state index in [9.17, 15) is 14.4 Å². The molecular formula is C18H21NO4. The molecule has 0 atom stereocenters. The molecule has 0 aromatic carbocycles. The largest absolute Gasteiger partial charge is 0.426 e. The quantitative estimate of drug-likeness (QED) is 0.597. The summed E-state index contributed by atoms with van der Waals surface area (Å²) in [6, 6.07) is 1.39. The number of carbonyl (C=O) groups excluding carboxylic acids is 2. The lowest BCUT2D eigenvalue weighted by molar-refractivity contribution is -0.129. The minimum absolute atomic E-state index is 0.00166. The Hall–Kier alpha value is -2.17. The van der Waals surface area contributed by atoms with Gasteiger partial charge in [-0.3, -0.25) is 14.5 Å². The van der Waals surface area contributed by atoms with Gasteiger partial charge >= 0.3 is 5.63 Å². The first-order valence-corrected chi connectivity index (χ1v) is 8.25. The van der Waals surface area contributed by atoms with E-state index in [1.54, 1.807) is 0 Å². The molecule has 0 radical (unpaired) electrons. The van der Waals surface area contributed by atoms with E-state index in [1.165, 1.54) is 11.0 Å². The van der Waals surface area contributed by atoms with Crippen LogP contribution in [0.25, 0.3) is 0 Å². The molecule has 2 amide bonds. The van der Waals surface area contributed by atoms with Crippen LogP contribution in [-0.2, 0) is 17.6 Å². The van der Waals surface area contributed by atoms with Gasteiger partial charge in [-0.25, -0.2) is 4.79 Å². The Bertz CT molecular complexity index is 712. The summed E-state index contributed by atoms with van der Waals surface area (Å²) in [4.78, 5) is 38.0. The number of hydrogen-bond acceptors (Lipinski definition) is 4. The molecule has 122 valence electrons. The Balaban J connectivity index is 1.90. The van der Waals surface area contributed by atoms with Gasteiger partial charge in [-0.15, -0.1) is 0 Å². The zero-order chi connectivity index (χ0) is 16.4. The zero-order valence-corrected chi connectivity index (χ0v) is 13.3. The number of rotatable bonds is 6. The summed E-state index contributed by atoms with van der Waals surface area (Å²) in [5.41, 5.74) is 0.625. The van der Waals surface area contributed by atoms with Crippen LogP contribution in [0.4, 0.5) is 0 Å². The van der Waals surface area contributed by atoms with Crippen molar-refractivity contribution in [3.63, 3.8) is 0 Å². The Kier molecular flexibility index (Phi) is 4.46. The molecule has 5 nitrogen and oxygen atoms in total.